The second-order valence-electron chi connectivity index (χ2n) is 16.2. The first-order valence-corrected chi connectivity index (χ1v) is 21.0. The summed E-state index contributed by atoms with van der Waals surface area (Å²) >= 11 is 0. The van der Waals surface area contributed by atoms with Gasteiger partial charge in [0.15, 0.2) is 5.75 Å². The van der Waals surface area contributed by atoms with Crippen molar-refractivity contribution < 1.29 is 41.8 Å². The van der Waals surface area contributed by atoms with Crippen LogP contribution in [0, 0.1) is 17.8 Å². The molecule has 0 radical (unpaired) electrons. The summed E-state index contributed by atoms with van der Waals surface area (Å²) in [7, 11) is -1.90. The quantitative estimate of drug-likeness (QED) is 0.350. The Hall–Kier alpha value is -4.60. The summed E-state index contributed by atoms with van der Waals surface area (Å²) in [4.78, 5) is 64.1. The standard InChI is InChI=1S/C39H52N6O9S/c1-22(2)53-38(49)41-32-24(4)18-23(3)8-6-7-9-25-20-39(25,37(48)43-55(50,51)27-10-11-27)42-34(46)31-19-26(21-45(31)36(32)47)54-35-29-12-13-30-33(28(29)14-15-40-35)52-17-16-44(30)5/h7,9,12-15,22-27,31-32H,6,8,10-11,16-21H2,1-5H3,(H,41,49)(H,42,46)(H,43,48)/b9-7-/t23-,24-,25-,26-,31+,32+,39-/m1/s1. The van der Waals surface area contributed by atoms with Crippen molar-refractivity contribution in [3.63, 3.8) is 0 Å². The van der Waals surface area contributed by atoms with Gasteiger partial charge in [-0.05, 0) is 82.4 Å². The van der Waals surface area contributed by atoms with Gasteiger partial charge in [0.05, 0.1) is 30.1 Å². The molecule has 2 aromatic rings. The topological polar surface area (TPSA) is 186 Å². The highest BCUT2D eigenvalue weighted by Crippen LogP contribution is 2.46. The van der Waals surface area contributed by atoms with E-state index in [0.717, 1.165) is 29.8 Å². The van der Waals surface area contributed by atoms with Gasteiger partial charge in [0.25, 0.3) is 5.91 Å². The summed E-state index contributed by atoms with van der Waals surface area (Å²) in [5.74, 6) is -1.47. The zero-order valence-electron chi connectivity index (χ0n) is 32.1. The third-order valence-corrected chi connectivity index (χ3v) is 13.3. The first-order chi connectivity index (χ1) is 26.2. The van der Waals surface area contributed by atoms with E-state index in [2.05, 4.69) is 32.2 Å². The average Bonchev–Trinajstić information content (AvgIpc) is 4.05. The number of nitrogens with zero attached hydrogens (tertiary/aromatic N) is 3. The lowest BCUT2D eigenvalue weighted by Gasteiger charge is -2.33. The molecule has 1 saturated heterocycles. The number of hydrogen-bond acceptors (Lipinski definition) is 11. The lowest BCUT2D eigenvalue weighted by molar-refractivity contribution is -0.142. The molecule has 1 aromatic heterocycles. The van der Waals surface area contributed by atoms with Crippen LogP contribution >= 0.6 is 0 Å². The number of fused-ring (bicyclic) bond motifs is 5. The summed E-state index contributed by atoms with van der Waals surface area (Å²) in [5, 5.41) is 6.58. The molecule has 3 aliphatic heterocycles. The van der Waals surface area contributed by atoms with Crippen molar-refractivity contribution in [3.8, 4) is 11.6 Å². The molecule has 0 bridgehead atoms. The maximum Gasteiger partial charge on any atom is 0.408 e. The van der Waals surface area contributed by atoms with Crippen LogP contribution in [0.3, 0.4) is 0 Å². The van der Waals surface area contributed by atoms with Crippen LogP contribution in [0.5, 0.6) is 11.6 Å². The molecule has 4 heterocycles. The number of allylic oxidation sites excluding steroid dienone is 1. The molecule has 2 aliphatic carbocycles. The summed E-state index contributed by atoms with van der Waals surface area (Å²) in [6, 6.07) is 3.57. The normalized spacial score (nSPS) is 30.4. The zero-order chi connectivity index (χ0) is 39.2. The first kappa shape index (κ1) is 38.7. The number of rotatable bonds is 7. The molecule has 3 N–H and O–H groups in total. The molecule has 1 aromatic carbocycles. The Labute approximate surface area is 321 Å². The number of likely N-dealkylation sites (N-methyl/N-ethyl adjacent to an activating group) is 1. The number of amides is 4. The number of carbonyl (C=O) groups excluding carboxylic acids is 4. The molecule has 16 heteroatoms. The number of carbonyl (C=O) groups is 4. The van der Waals surface area contributed by atoms with Crippen LogP contribution in [0.2, 0.25) is 0 Å². The minimum absolute atomic E-state index is 0.0164. The van der Waals surface area contributed by atoms with Gasteiger partial charge >= 0.3 is 6.09 Å². The lowest BCUT2D eigenvalue weighted by Crippen LogP contribution is -2.59. The summed E-state index contributed by atoms with van der Waals surface area (Å²) < 4.78 is 46.0. The number of sulfonamides is 1. The fourth-order valence-electron chi connectivity index (χ4n) is 8.17. The molecule has 5 aliphatic rings. The maximum absolute atomic E-state index is 14.7. The molecule has 3 fully saturated rings. The second-order valence-corrected chi connectivity index (χ2v) is 18.2. The highest BCUT2D eigenvalue weighted by atomic mass is 32.2. The van der Waals surface area contributed by atoms with Gasteiger partial charge in [0.2, 0.25) is 27.7 Å². The van der Waals surface area contributed by atoms with Gasteiger partial charge in [-0.15, -0.1) is 0 Å². The fraction of sp³-hybridized carbons (Fsp3) is 0.615. The predicted molar refractivity (Wildman–Crippen MR) is 204 cm³/mol. The number of pyridine rings is 1. The Morgan fingerprint density at radius 3 is 2.62 bits per heavy atom. The van der Waals surface area contributed by atoms with E-state index in [1.807, 2.05) is 44.3 Å². The minimum Gasteiger partial charge on any atom is -0.489 e. The van der Waals surface area contributed by atoms with Crippen LogP contribution in [0.4, 0.5) is 10.5 Å². The van der Waals surface area contributed by atoms with E-state index in [4.69, 9.17) is 14.2 Å². The summed E-state index contributed by atoms with van der Waals surface area (Å²) in [6.07, 6.45) is 6.86. The molecule has 0 spiro atoms. The number of ether oxygens (including phenoxy) is 3. The largest absolute Gasteiger partial charge is 0.489 e. The minimum atomic E-state index is -3.90. The van der Waals surface area contributed by atoms with Gasteiger partial charge < -0.3 is 34.6 Å². The van der Waals surface area contributed by atoms with Crippen LogP contribution in [-0.4, -0.2) is 104 Å². The molecule has 7 atom stereocenters. The van der Waals surface area contributed by atoms with Gasteiger partial charge in [-0.3, -0.25) is 19.1 Å². The first-order valence-electron chi connectivity index (χ1n) is 19.4. The van der Waals surface area contributed by atoms with E-state index >= 15 is 0 Å². The Kier molecular flexibility index (Phi) is 10.7. The molecular weight excluding hydrogens is 729 g/mol. The molecule has 0 unspecified atom stereocenters. The van der Waals surface area contributed by atoms with Crippen molar-refractivity contribution in [2.45, 2.75) is 108 Å². The van der Waals surface area contributed by atoms with Crippen molar-refractivity contribution in [3.05, 3.63) is 36.5 Å². The number of benzene rings is 1. The summed E-state index contributed by atoms with van der Waals surface area (Å²) in [5.41, 5.74) is -0.566. The second kappa shape index (κ2) is 15.1. The lowest BCUT2D eigenvalue weighted by atomic mass is 9.88. The van der Waals surface area contributed by atoms with Crippen molar-refractivity contribution >= 4 is 50.3 Å². The Morgan fingerprint density at radius 1 is 1.09 bits per heavy atom. The monoisotopic (exact) mass is 780 g/mol. The van der Waals surface area contributed by atoms with Gasteiger partial charge in [0, 0.05) is 36.4 Å². The van der Waals surface area contributed by atoms with Crippen molar-refractivity contribution in [1.29, 1.82) is 0 Å². The van der Waals surface area contributed by atoms with Crippen molar-refractivity contribution in [2.24, 2.45) is 17.8 Å². The number of anilines is 1. The Morgan fingerprint density at radius 2 is 1.87 bits per heavy atom. The molecule has 15 nitrogen and oxygen atoms in total. The maximum atomic E-state index is 14.7. The SMILES string of the molecule is CC(C)OC(=O)N[C@@H]1C(=O)N2C[C@H](Oc3nccc4c5c(ccc34)N(C)CCO5)C[C@H]2C(=O)N[C@]2(C(=O)NS(=O)(=O)C3CC3)C[C@H]2/C=C\CC[C@@H](C)C[C@H]1C. The van der Waals surface area contributed by atoms with Gasteiger partial charge in [-0.2, -0.15) is 0 Å². The van der Waals surface area contributed by atoms with Crippen molar-refractivity contribution in [2.75, 3.05) is 31.6 Å². The van der Waals surface area contributed by atoms with Crippen LogP contribution in [0.25, 0.3) is 10.8 Å². The van der Waals surface area contributed by atoms with Gasteiger partial charge in [-0.25, -0.2) is 18.2 Å². The fourth-order valence-corrected chi connectivity index (χ4v) is 9.53. The molecule has 7 rings (SSSR count). The molecule has 298 valence electrons. The molecule has 4 amide bonds. The molecule has 2 saturated carbocycles. The van der Waals surface area contributed by atoms with E-state index in [-0.39, 0.29) is 31.2 Å². The van der Waals surface area contributed by atoms with Gasteiger partial charge in [0.1, 0.15) is 30.3 Å². The number of aromatic nitrogens is 1. The van der Waals surface area contributed by atoms with E-state index in [1.165, 1.54) is 4.90 Å². The third-order valence-electron chi connectivity index (χ3n) is 11.4. The highest BCUT2D eigenvalue weighted by Gasteiger charge is 2.62. The third kappa shape index (κ3) is 8.05. The van der Waals surface area contributed by atoms with Crippen LogP contribution in [-0.2, 0) is 29.1 Å². The summed E-state index contributed by atoms with van der Waals surface area (Å²) in [6.45, 7) is 8.67. The Bertz CT molecular complexity index is 1990. The van der Waals surface area contributed by atoms with E-state index in [9.17, 15) is 27.6 Å². The Balaban J connectivity index is 1.22. The van der Waals surface area contributed by atoms with Crippen LogP contribution in [0.1, 0.15) is 72.6 Å². The zero-order valence-corrected chi connectivity index (χ0v) is 32.9. The molecule has 55 heavy (non-hydrogen) atoms. The number of nitrogens with one attached hydrogen (secondary N) is 3. The predicted octanol–water partition coefficient (Wildman–Crippen LogP) is 3.41. The van der Waals surface area contributed by atoms with E-state index < -0.39 is 74.8 Å². The van der Waals surface area contributed by atoms with Gasteiger partial charge in [-0.1, -0.05) is 26.0 Å². The van der Waals surface area contributed by atoms with Crippen LogP contribution in [0.15, 0.2) is 36.5 Å². The van der Waals surface area contributed by atoms with E-state index in [0.29, 0.717) is 43.6 Å². The number of hydrogen-bond donors (Lipinski definition) is 3. The highest BCUT2D eigenvalue weighted by molar-refractivity contribution is 7.91. The van der Waals surface area contributed by atoms with E-state index in [1.54, 1.807) is 20.0 Å². The number of alkyl carbamates (subject to hydrolysis) is 1. The molecular formula is C39H52N6O9S. The van der Waals surface area contributed by atoms with Crippen LogP contribution < -0.4 is 29.7 Å². The van der Waals surface area contributed by atoms with Crippen molar-refractivity contribution in [1.82, 2.24) is 25.2 Å². The smallest absolute Gasteiger partial charge is 0.408 e. The average molecular weight is 781 g/mol.